The minimum Gasteiger partial charge on any atom is -0.489 e. The van der Waals surface area contributed by atoms with Crippen LogP contribution in [0.3, 0.4) is 0 Å². The molecular weight excluding hydrogens is 490 g/mol. The Morgan fingerprint density at radius 3 is 2.66 bits per heavy atom. The molecule has 3 aromatic carbocycles. The average molecular weight is 511 g/mol. The van der Waals surface area contributed by atoms with Crippen LogP contribution in [0.25, 0.3) is 10.9 Å². The molecule has 4 aromatic rings. The Hall–Kier alpha value is -2.96. The number of hydrogen-bond acceptors (Lipinski definition) is 4. The molecular formula is C25H21BrClN3O2. The van der Waals surface area contributed by atoms with Crippen LogP contribution in [0.2, 0.25) is 5.02 Å². The van der Waals surface area contributed by atoms with Gasteiger partial charge in [0, 0.05) is 15.4 Å². The third-order valence-electron chi connectivity index (χ3n) is 4.85. The molecule has 0 radical (unpaired) electrons. The molecule has 0 bridgehead atoms. The van der Waals surface area contributed by atoms with Gasteiger partial charge in [0.1, 0.15) is 18.2 Å². The molecule has 0 saturated heterocycles. The molecule has 0 atom stereocenters. The minimum absolute atomic E-state index is 0.0296. The van der Waals surface area contributed by atoms with Gasteiger partial charge in [-0.1, -0.05) is 65.6 Å². The number of nitrogens with zero attached hydrogens (tertiary/aromatic N) is 3. The molecule has 1 aromatic heterocycles. The van der Waals surface area contributed by atoms with Crippen LogP contribution in [-0.2, 0) is 6.61 Å². The van der Waals surface area contributed by atoms with Gasteiger partial charge in [0.15, 0.2) is 0 Å². The van der Waals surface area contributed by atoms with Gasteiger partial charge in [-0.25, -0.2) is 4.98 Å². The average Bonchev–Trinajstić information content (AvgIpc) is 2.78. The van der Waals surface area contributed by atoms with Crippen LogP contribution in [0.1, 0.15) is 36.7 Å². The number of aromatic nitrogens is 2. The summed E-state index contributed by atoms with van der Waals surface area (Å²) in [7, 11) is 0. The highest BCUT2D eigenvalue weighted by atomic mass is 79.9. The molecule has 162 valence electrons. The summed E-state index contributed by atoms with van der Waals surface area (Å²) >= 11 is 9.35. The van der Waals surface area contributed by atoms with Gasteiger partial charge in [0.25, 0.3) is 5.56 Å². The van der Waals surface area contributed by atoms with Crippen molar-refractivity contribution in [2.45, 2.75) is 26.4 Å². The standard InChI is InChI=1S/C25H21BrClN3O2/c1-16(2)24-29-23-11-8-19(26)13-22(23)25(31)30(24)28-14-18-4-3-5-21(12-18)32-15-17-6-9-20(27)10-7-17/h3-14,16H,15H2,1-2H3. The van der Waals surface area contributed by atoms with Crippen LogP contribution in [0, 0.1) is 0 Å². The Bertz CT molecular complexity index is 1350. The molecule has 0 aliphatic heterocycles. The van der Waals surface area contributed by atoms with Crippen molar-refractivity contribution in [1.29, 1.82) is 0 Å². The lowest BCUT2D eigenvalue weighted by Gasteiger charge is -2.12. The van der Waals surface area contributed by atoms with E-state index in [1.165, 1.54) is 4.68 Å². The van der Waals surface area contributed by atoms with E-state index in [0.29, 0.717) is 34.1 Å². The predicted molar refractivity (Wildman–Crippen MR) is 133 cm³/mol. The van der Waals surface area contributed by atoms with E-state index >= 15 is 0 Å². The van der Waals surface area contributed by atoms with Crippen molar-refractivity contribution in [2.24, 2.45) is 5.10 Å². The lowest BCUT2D eigenvalue weighted by molar-refractivity contribution is 0.306. The van der Waals surface area contributed by atoms with Crippen molar-refractivity contribution in [2.75, 3.05) is 0 Å². The fraction of sp³-hybridized carbons (Fsp3) is 0.160. The Morgan fingerprint density at radius 2 is 1.91 bits per heavy atom. The normalized spacial score (nSPS) is 11.5. The van der Waals surface area contributed by atoms with E-state index < -0.39 is 0 Å². The van der Waals surface area contributed by atoms with Gasteiger partial charge in [-0.2, -0.15) is 9.78 Å². The molecule has 0 unspecified atom stereocenters. The lowest BCUT2D eigenvalue weighted by Crippen LogP contribution is -2.23. The van der Waals surface area contributed by atoms with E-state index in [4.69, 9.17) is 16.3 Å². The third kappa shape index (κ3) is 5.09. The van der Waals surface area contributed by atoms with Crippen molar-refractivity contribution in [3.05, 3.63) is 104 Å². The molecule has 7 heteroatoms. The zero-order chi connectivity index (χ0) is 22.7. The summed E-state index contributed by atoms with van der Waals surface area (Å²) < 4.78 is 8.09. The molecule has 5 nitrogen and oxygen atoms in total. The van der Waals surface area contributed by atoms with E-state index in [1.54, 1.807) is 12.3 Å². The molecule has 0 spiro atoms. The molecule has 0 aliphatic rings. The maximum absolute atomic E-state index is 13.1. The highest BCUT2D eigenvalue weighted by Gasteiger charge is 2.13. The van der Waals surface area contributed by atoms with Crippen molar-refractivity contribution in [1.82, 2.24) is 9.66 Å². The Labute approximate surface area is 199 Å². The zero-order valence-electron chi connectivity index (χ0n) is 17.6. The third-order valence-corrected chi connectivity index (χ3v) is 5.59. The van der Waals surface area contributed by atoms with Crippen LogP contribution < -0.4 is 10.3 Å². The fourth-order valence-corrected chi connectivity index (χ4v) is 3.69. The summed E-state index contributed by atoms with van der Waals surface area (Å²) in [6.45, 7) is 4.41. The molecule has 0 N–H and O–H groups in total. The summed E-state index contributed by atoms with van der Waals surface area (Å²) in [5, 5.41) is 5.69. The highest BCUT2D eigenvalue weighted by Crippen LogP contribution is 2.19. The first-order valence-electron chi connectivity index (χ1n) is 10.1. The summed E-state index contributed by atoms with van der Waals surface area (Å²) in [6.07, 6.45) is 1.65. The summed E-state index contributed by atoms with van der Waals surface area (Å²) in [5.74, 6) is 1.35. The van der Waals surface area contributed by atoms with Gasteiger partial charge in [-0.05, 0) is 53.6 Å². The smallest absolute Gasteiger partial charge is 0.282 e. The van der Waals surface area contributed by atoms with Gasteiger partial charge in [0.2, 0.25) is 0 Å². The molecule has 0 saturated carbocycles. The molecule has 0 amide bonds. The number of hydrogen-bond donors (Lipinski definition) is 0. The van der Waals surface area contributed by atoms with Crippen molar-refractivity contribution in [3.8, 4) is 5.75 Å². The van der Waals surface area contributed by atoms with E-state index in [0.717, 1.165) is 15.6 Å². The Balaban J connectivity index is 1.62. The molecule has 32 heavy (non-hydrogen) atoms. The zero-order valence-corrected chi connectivity index (χ0v) is 20.0. The van der Waals surface area contributed by atoms with Gasteiger partial charge in [0.05, 0.1) is 17.1 Å². The highest BCUT2D eigenvalue weighted by molar-refractivity contribution is 9.10. The Kier molecular flexibility index (Phi) is 6.72. The summed E-state index contributed by atoms with van der Waals surface area (Å²) in [6, 6.07) is 20.6. The van der Waals surface area contributed by atoms with Crippen molar-refractivity contribution < 1.29 is 4.74 Å². The second kappa shape index (κ2) is 9.67. The number of rotatable bonds is 6. The van der Waals surface area contributed by atoms with Crippen LogP contribution in [0.15, 0.2) is 81.1 Å². The summed E-state index contributed by atoms with van der Waals surface area (Å²) in [4.78, 5) is 17.8. The van der Waals surface area contributed by atoms with Gasteiger partial charge in [-0.15, -0.1) is 0 Å². The van der Waals surface area contributed by atoms with Crippen molar-refractivity contribution >= 4 is 44.6 Å². The lowest BCUT2D eigenvalue weighted by atomic mass is 10.2. The summed E-state index contributed by atoms with van der Waals surface area (Å²) in [5.41, 5.74) is 2.29. The van der Waals surface area contributed by atoms with Crippen LogP contribution in [0.5, 0.6) is 5.75 Å². The van der Waals surface area contributed by atoms with E-state index in [-0.39, 0.29) is 11.5 Å². The largest absolute Gasteiger partial charge is 0.489 e. The van der Waals surface area contributed by atoms with E-state index in [1.807, 2.05) is 74.5 Å². The first-order chi connectivity index (χ1) is 15.4. The maximum atomic E-state index is 13.1. The molecule has 0 fully saturated rings. The van der Waals surface area contributed by atoms with E-state index in [2.05, 4.69) is 26.0 Å². The molecule has 0 aliphatic carbocycles. The second-order valence-corrected chi connectivity index (χ2v) is 8.99. The number of fused-ring (bicyclic) bond motifs is 1. The van der Waals surface area contributed by atoms with Gasteiger partial charge < -0.3 is 4.74 Å². The first-order valence-corrected chi connectivity index (χ1v) is 11.3. The van der Waals surface area contributed by atoms with Crippen LogP contribution >= 0.6 is 27.5 Å². The quantitative estimate of drug-likeness (QED) is 0.282. The van der Waals surface area contributed by atoms with Gasteiger partial charge >= 0.3 is 0 Å². The fourth-order valence-electron chi connectivity index (χ4n) is 3.21. The van der Waals surface area contributed by atoms with E-state index in [9.17, 15) is 4.79 Å². The molecule has 4 rings (SSSR count). The Morgan fingerprint density at radius 1 is 1.12 bits per heavy atom. The monoisotopic (exact) mass is 509 g/mol. The maximum Gasteiger partial charge on any atom is 0.282 e. The van der Waals surface area contributed by atoms with Crippen molar-refractivity contribution in [3.63, 3.8) is 0 Å². The second-order valence-electron chi connectivity index (χ2n) is 7.64. The first kappa shape index (κ1) is 22.2. The number of benzene rings is 3. The SMILES string of the molecule is CC(C)c1nc2ccc(Br)cc2c(=O)n1N=Cc1cccc(OCc2ccc(Cl)cc2)c1. The van der Waals surface area contributed by atoms with Crippen LogP contribution in [-0.4, -0.2) is 15.9 Å². The minimum atomic E-state index is -0.202. The molecule has 1 heterocycles. The number of halogens is 2. The number of ether oxygens (including phenoxy) is 1. The van der Waals surface area contributed by atoms with Gasteiger partial charge in [-0.3, -0.25) is 4.79 Å². The van der Waals surface area contributed by atoms with Crippen LogP contribution in [0.4, 0.5) is 0 Å². The predicted octanol–water partition coefficient (Wildman–Crippen LogP) is 6.40. The topological polar surface area (TPSA) is 56.5 Å².